The summed E-state index contributed by atoms with van der Waals surface area (Å²) in [7, 11) is 0. The third-order valence-corrected chi connectivity index (χ3v) is 2.72. The van der Waals surface area contributed by atoms with Crippen LogP contribution in [0.1, 0.15) is 26.7 Å². The molecule has 6 heteroatoms. The minimum Gasteiger partial charge on any atom is -0.449 e. The van der Waals surface area contributed by atoms with Crippen LogP contribution in [-0.4, -0.2) is 36.6 Å². The van der Waals surface area contributed by atoms with Crippen molar-refractivity contribution in [1.29, 1.82) is 0 Å². The Balaban J connectivity index is 2.29. The molecule has 98 valence electrons. The van der Waals surface area contributed by atoms with E-state index < -0.39 is 0 Å². The van der Waals surface area contributed by atoms with Crippen LogP contribution >= 0.6 is 0 Å². The van der Waals surface area contributed by atoms with E-state index in [1.807, 2.05) is 13.8 Å². The van der Waals surface area contributed by atoms with Crippen LogP contribution in [0.2, 0.25) is 0 Å². The zero-order chi connectivity index (χ0) is 12.8. The number of ether oxygens (including phenoxy) is 1. The molecule has 0 aliphatic carbocycles. The molecule has 0 bridgehead atoms. The van der Waals surface area contributed by atoms with Crippen molar-refractivity contribution in [2.45, 2.75) is 26.7 Å². The Morgan fingerprint density at radius 1 is 1.53 bits per heavy atom. The summed E-state index contributed by atoms with van der Waals surface area (Å²) in [5.74, 6) is 5.35. The average Bonchev–Trinajstić information content (AvgIpc) is 2.74. The lowest BCUT2D eigenvalue weighted by Gasteiger charge is -2.17. The summed E-state index contributed by atoms with van der Waals surface area (Å²) in [6.07, 6.45) is 0.906. The number of likely N-dealkylation sites (tertiary alicyclic amines) is 1. The number of carbonyl (C=O) groups is 2. The molecule has 1 rings (SSSR count). The van der Waals surface area contributed by atoms with Crippen LogP contribution in [-0.2, 0) is 9.53 Å². The van der Waals surface area contributed by atoms with Crippen molar-refractivity contribution >= 4 is 12.0 Å². The van der Waals surface area contributed by atoms with E-state index in [2.05, 4.69) is 5.43 Å². The number of rotatable bonds is 4. The number of carbonyl (C=O) groups excluding carboxylic acids is 2. The van der Waals surface area contributed by atoms with Crippen LogP contribution in [0.15, 0.2) is 0 Å². The van der Waals surface area contributed by atoms with Gasteiger partial charge in [0.15, 0.2) is 0 Å². The third kappa shape index (κ3) is 4.60. The molecule has 6 nitrogen and oxygen atoms in total. The Hall–Kier alpha value is -1.30. The maximum atomic E-state index is 11.6. The summed E-state index contributed by atoms with van der Waals surface area (Å²) in [6, 6.07) is 0. The smallest absolute Gasteiger partial charge is 0.409 e. The maximum Gasteiger partial charge on any atom is 0.409 e. The predicted molar refractivity (Wildman–Crippen MR) is 62.8 cm³/mol. The molecule has 0 unspecified atom stereocenters. The second-order valence-corrected chi connectivity index (χ2v) is 4.84. The van der Waals surface area contributed by atoms with Gasteiger partial charge in [0.2, 0.25) is 5.91 Å². The Labute approximate surface area is 101 Å². The molecule has 3 N–H and O–H groups in total. The Bertz CT molecular complexity index is 281. The predicted octanol–water partition coefficient (Wildman–Crippen LogP) is 0.481. The van der Waals surface area contributed by atoms with Crippen molar-refractivity contribution in [3.8, 4) is 0 Å². The zero-order valence-electron chi connectivity index (χ0n) is 10.4. The normalized spacial score (nSPS) is 19.5. The number of amides is 2. The molecule has 1 aliphatic rings. The van der Waals surface area contributed by atoms with E-state index in [9.17, 15) is 9.59 Å². The van der Waals surface area contributed by atoms with Crippen LogP contribution in [0, 0.1) is 11.8 Å². The van der Waals surface area contributed by atoms with Crippen molar-refractivity contribution in [2.24, 2.45) is 17.7 Å². The molecular weight excluding hydrogens is 222 g/mol. The van der Waals surface area contributed by atoms with Crippen molar-refractivity contribution in [2.75, 3.05) is 19.7 Å². The first kappa shape index (κ1) is 13.8. The molecular formula is C11H21N3O3. The first-order valence-corrected chi connectivity index (χ1v) is 5.94. The number of nitrogens with zero attached hydrogens (tertiary/aromatic N) is 1. The lowest BCUT2D eigenvalue weighted by atomic mass is 10.1. The van der Waals surface area contributed by atoms with Crippen LogP contribution in [0.5, 0.6) is 0 Å². The topological polar surface area (TPSA) is 84.7 Å². The molecule has 17 heavy (non-hydrogen) atoms. The molecule has 2 amide bonds. The molecule has 0 saturated carbocycles. The summed E-state index contributed by atoms with van der Waals surface area (Å²) in [5, 5.41) is 0. The van der Waals surface area contributed by atoms with Gasteiger partial charge < -0.3 is 9.64 Å². The quantitative estimate of drug-likeness (QED) is 0.427. The van der Waals surface area contributed by atoms with Crippen LogP contribution in [0.3, 0.4) is 0 Å². The standard InChI is InChI=1S/C11H21N3O3/c1-8(2)7-17-11(16)14-4-3-9(6-14)5-10(15)13-12/h8-9H,3-7,12H2,1-2H3,(H,13,15)/t9-/m0/s1. The summed E-state index contributed by atoms with van der Waals surface area (Å²) in [4.78, 5) is 24.4. The van der Waals surface area contributed by atoms with E-state index in [4.69, 9.17) is 10.6 Å². The monoisotopic (exact) mass is 243 g/mol. The largest absolute Gasteiger partial charge is 0.449 e. The van der Waals surface area contributed by atoms with Gasteiger partial charge in [0, 0.05) is 19.5 Å². The lowest BCUT2D eigenvalue weighted by Crippen LogP contribution is -2.33. The number of hydrogen-bond acceptors (Lipinski definition) is 4. The molecule has 1 atom stereocenters. The van der Waals surface area contributed by atoms with E-state index in [1.54, 1.807) is 4.90 Å². The van der Waals surface area contributed by atoms with E-state index in [1.165, 1.54) is 0 Å². The van der Waals surface area contributed by atoms with Crippen molar-refractivity contribution in [1.82, 2.24) is 10.3 Å². The fraction of sp³-hybridized carbons (Fsp3) is 0.818. The highest BCUT2D eigenvalue weighted by Crippen LogP contribution is 2.20. The minimum absolute atomic E-state index is 0.185. The van der Waals surface area contributed by atoms with Gasteiger partial charge in [-0.1, -0.05) is 13.8 Å². The SMILES string of the molecule is CC(C)COC(=O)N1CC[C@@H](CC(=O)NN)C1. The highest BCUT2D eigenvalue weighted by molar-refractivity contribution is 5.75. The second-order valence-electron chi connectivity index (χ2n) is 4.84. The van der Waals surface area contributed by atoms with E-state index in [-0.39, 0.29) is 17.9 Å². The van der Waals surface area contributed by atoms with Gasteiger partial charge in [0.1, 0.15) is 0 Å². The van der Waals surface area contributed by atoms with Crippen LogP contribution in [0.25, 0.3) is 0 Å². The molecule has 0 aromatic heterocycles. The van der Waals surface area contributed by atoms with Gasteiger partial charge in [-0.25, -0.2) is 10.6 Å². The molecule has 0 radical (unpaired) electrons. The van der Waals surface area contributed by atoms with Crippen molar-refractivity contribution in [3.63, 3.8) is 0 Å². The molecule has 1 saturated heterocycles. The highest BCUT2D eigenvalue weighted by atomic mass is 16.6. The fourth-order valence-electron chi connectivity index (χ4n) is 1.82. The van der Waals surface area contributed by atoms with E-state index >= 15 is 0 Å². The average molecular weight is 243 g/mol. The van der Waals surface area contributed by atoms with Gasteiger partial charge >= 0.3 is 6.09 Å². The van der Waals surface area contributed by atoms with Gasteiger partial charge in [0.25, 0.3) is 0 Å². The third-order valence-electron chi connectivity index (χ3n) is 2.72. The summed E-state index contributed by atoms with van der Waals surface area (Å²) in [5.41, 5.74) is 2.10. The van der Waals surface area contributed by atoms with Gasteiger partial charge in [-0.2, -0.15) is 0 Å². The second kappa shape index (κ2) is 6.44. The fourth-order valence-corrected chi connectivity index (χ4v) is 1.82. The number of hydrazine groups is 1. The van der Waals surface area contributed by atoms with Crippen LogP contribution in [0.4, 0.5) is 4.79 Å². The first-order chi connectivity index (χ1) is 8.02. The maximum absolute atomic E-state index is 11.6. The van der Waals surface area contributed by atoms with E-state index in [0.717, 1.165) is 6.42 Å². The molecule has 1 aliphatic heterocycles. The lowest BCUT2D eigenvalue weighted by molar-refractivity contribution is -0.122. The van der Waals surface area contributed by atoms with Gasteiger partial charge in [-0.3, -0.25) is 10.2 Å². The highest BCUT2D eigenvalue weighted by Gasteiger charge is 2.28. The van der Waals surface area contributed by atoms with Gasteiger partial charge in [-0.15, -0.1) is 0 Å². The van der Waals surface area contributed by atoms with Crippen molar-refractivity contribution < 1.29 is 14.3 Å². The Morgan fingerprint density at radius 2 is 2.24 bits per heavy atom. The number of hydrogen-bond donors (Lipinski definition) is 2. The van der Waals surface area contributed by atoms with Gasteiger partial charge in [0.05, 0.1) is 6.61 Å². The van der Waals surface area contributed by atoms with Crippen LogP contribution < -0.4 is 11.3 Å². The Morgan fingerprint density at radius 3 is 2.82 bits per heavy atom. The molecule has 0 aromatic carbocycles. The number of nitrogens with one attached hydrogen (secondary N) is 1. The molecule has 0 spiro atoms. The first-order valence-electron chi connectivity index (χ1n) is 5.94. The summed E-state index contributed by atoms with van der Waals surface area (Å²) >= 11 is 0. The Kier molecular flexibility index (Phi) is 5.21. The summed E-state index contributed by atoms with van der Waals surface area (Å²) < 4.78 is 5.13. The van der Waals surface area contributed by atoms with E-state index in [0.29, 0.717) is 32.0 Å². The molecule has 1 fully saturated rings. The minimum atomic E-state index is -0.283. The molecule has 0 aromatic rings. The van der Waals surface area contributed by atoms with Gasteiger partial charge in [-0.05, 0) is 18.3 Å². The zero-order valence-corrected chi connectivity index (χ0v) is 10.4. The summed E-state index contributed by atoms with van der Waals surface area (Å²) in [6.45, 7) is 5.64. The molecule has 1 heterocycles. The number of nitrogens with two attached hydrogens (primary N) is 1. The van der Waals surface area contributed by atoms with Crippen molar-refractivity contribution in [3.05, 3.63) is 0 Å².